The molecule has 1 N–H and O–H groups in total. The van der Waals surface area contributed by atoms with Gasteiger partial charge in [0.1, 0.15) is 11.2 Å². The standard InChI is InChI=1S/C15H16ClN3/c16-15-12(8-17)6-13(9-19-15)11-4-3-10-2-1-5-18-14(10)7-11/h6-7,9-10,14,18H,1-5H2. The fourth-order valence-corrected chi connectivity index (χ4v) is 3.23. The van der Waals surface area contributed by atoms with E-state index in [1.807, 2.05) is 6.07 Å². The van der Waals surface area contributed by atoms with Crippen LogP contribution in [0.2, 0.25) is 5.15 Å². The monoisotopic (exact) mass is 273 g/mol. The number of pyridine rings is 1. The minimum Gasteiger partial charge on any atom is -0.310 e. The van der Waals surface area contributed by atoms with Crippen LogP contribution in [0.4, 0.5) is 0 Å². The largest absolute Gasteiger partial charge is 0.310 e. The van der Waals surface area contributed by atoms with Crippen LogP contribution >= 0.6 is 11.6 Å². The highest BCUT2D eigenvalue weighted by atomic mass is 35.5. The maximum Gasteiger partial charge on any atom is 0.146 e. The third-order valence-corrected chi connectivity index (χ3v) is 4.44. The van der Waals surface area contributed by atoms with Gasteiger partial charge in [0, 0.05) is 12.2 Å². The SMILES string of the molecule is N#Cc1cc(C2=CC3NCCCC3CC2)cnc1Cl. The third kappa shape index (κ3) is 2.51. The summed E-state index contributed by atoms with van der Waals surface area (Å²) in [5.74, 6) is 0.771. The summed E-state index contributed by atoms with van der Waals surface area (Å²) in [6.45, 7) is 1.10. The van der Waals surface area contributed by atoms with Crippen molar-refractivity contribution in [1.82, 2.24) is 10.3 Å². The number of fused-ring (bicyclic) bond motifs is 1. The molecule has 0 saturated carbocycles. The summed E-state index contributed by atoms with van der Waals surface area (Å²) in [6.07, 6.45) is 8.98. The van der Waals surface area contributed by atoms with Crippen molar-refractivity contribution in [2.45, 2.75) is 31.7 Å². The molecule has 3 rings (SSSR count). The van der Waals surface area contributed by atoms with Crippen LogP contribution in [0.25, 0.3) is 5.57 Å². The third-order valence-electron chi connectivity index (χ3n) is 4.14. The summed E-state index contributed by atoms with van der Waals surface area (Å²) in [4.78, 5) is 4.11. The van der Waals surface area contributed by atoms with Gasteiger partial charge in [-0.15, -0.1) is 0 Å². The normalized spacial score (nSPS) is 26.2. The molecule has 2 atom stereocenters. The molecule has 0 amide bonds. The molecule has 2 aliphatic rings. The second kappa shape index (κ2) is 5.32. The number of hydrogen-bond donors (Lipinski definition) is 1. The Morgan fingerprint density at radius 3 is 3.16 bits per heavy atom. The van der Waals surface area contributed by atoms with Gasteiger partial charge in [-0.1, -0.05) is 17.7 Å². The van der Waals surface area contributed by atoms with Crippen LogP contribution in [0, 0.1) is 17.2 Å². The van der Waals surface area contributed by atoms with Gasteiger partial charge in [0.15, 0.2) is 0 Å². The summed E-state index contributed by atoms with van der Waals surface area (Å²) in [5, 5.41) is 12.9. The van der Waals surface area contributed by atoms with Gasteiger partial charge in [-0.05, 0) is 55.3 Å². The van der Waals surface area contributed by atoms with Crippen molar-refractivity contribution in [2.75, 3.05) is 6.54 Å². The maximum atomic E-state index is 9.02. The van der Waals surface area contributed by atoms with Crippen LogP contribution in [-0.2, 0) is 0 Å². The number of halogens is 1. The lowest BCUT2D eigenvalue weighted by Crippen LogP contribution is -2.41. The van der Waals surface area contributed by atoms with Gasteiger partial charge in [0.25, 0.3) is 0 Å². The zero-order valence-corrected chi connectivity index (χ0v) is 11.5. The quantitative estimate of drug-likeness (QED) is 0.800. The lowest BCUT2D eigenvalue weighted by Gasteiger charge is -2.35. The van der Waals surface area contributed by atoms with E-state index in [0.717, 1.165) is 24.4 Å². The average Bonchev–Trinajstić information content (AvgIpc) is 2.47. The van der Waals surface area contributed by atoms with Crippen LogP contribution in [0.15, 0.2) is 18.3 Å². The van der Waals surface area contributed by atoms with E-state index in [4.69, 9.17) is 16.9 Å². The molecule has 0 radical (unpaired) electrons. The average molecular weight is 274 g/mol. The van der Waals surface area contributed by atoms with Crippen molar-refractivity contribution < 1.29 is 0 Å². The molecule has 1 fully saturated rings. The molecule has 98 valence electrons. The highest BCUT2D eigenvalue weighted by Crippen LogP contribution is 2.34. The first-order valence-electron chi connectivity index (χ1n) is 6.78. The number of nitriles is 1. The Morgan fingerprint density at radius 2 is 2.32 bits per heavy atom. The highest BCUT2D eigenvalue weighted by Gasteiger charge is 2.27. The number of nitrogens with zero attached hydrogens (tertiary/aromatic N) is 2. The Bertz CT molecular complexity index is 559. The zero-order valence-electron chi connectivity index (χ0n) is 10.7. The maximum absolute atomic E-state index is 9.02. The number of piperidine rings is 1. The molecule has 0 spiro atoms. The van der Waals surface area contributed by atoms with Crippen molar-refractivity contribution >= 4 is 17.2 Å². The Morgan fingerprint density at radius 1 is 1.42 bits per heavy atom. The summed E-state index contributed by atoms with van der Waals surface area (Å²) in [6, 6.07) is 4.43. The summed E-state index contributed by atoms with van der Waals surface area (Å²) < 4.78 is 0. The van der Waals surface area contributed by atoms with Crippen LogP contribution < -0.4 is 5.32 Å². The van der Waals surface area contributed by atoms with E-state index in [1.54, 1.807) is 6.20 Å². The van der Waals surface area contributed by atoms with Crippen LogP contribution in [0.3, 0.4) is 0 Å². The number of nitrogens with one attached hydrogen (secondary N) is 1. The molecule has 1 aliphatic heterocycles. The van der Waals surface area contributed by atoms with Gasteiger partial charge in [-0.3, -0.25) is 0 Å². The van der Waals surface area contributed by atoms with Gasteiger partial charge in [-0.2, -0.15) is 5.26 Å². The summed E-state index contributed by atoms with van der Waals surface area (Å²) in [7, 11) is 0. The van der Waals surface area contributed by atoms with Crippen LogP contribution in [-0.4, -0.2) is 17.6 Å². The van der Waals surface area contributed by atoms with Gasteiger partial charge >= 0.3 is 0 Å². The predicted molar refractivity (Wildman–Crippen MR) is 75.7 cm³/mol. The summed E-state index contributed by atoms with van der Waals surface area (Å²) in [5.41, 5.74) is 2.78. The first-order chi connectivity index (χ1) is 9.28. The van der Waals surface area contributed by atoms with Gasteiger partial charge in [0.05, 0.1) is 5.56 Å². The van der Waals surface area contributed by atoms with E-state index < -0.39 is 0 Å². The Kier molecular flexibility index (Phi) is 3.54. The van der Waals surface area contributed by atoms with E-state index in [0.29, 0.717) is 11.6 Å². The van der Waals surface area contributed by atoms with Crippen molar-refractivity contribution in [3.8, 4) is 6.07 Å². The zero-order chi connectivity index (χ0) is 13.2. The van der Waals surface area contributed by atoms with Crippen LogP contribution in [0.1, 0.15) is 36.8 Å². The molecule has 0 bridgehead atoms. The molecule has 2 heterocycles. The minimum absolute atomic E-state index is 0.288. The molecule has 1 aromatic heterocycles. The fraction of sp³-hybridized carbons (Fsp3) is 0.467. The van der Waals surface area contributed by atoms with E-state index in [2.05, 4.69) is 22.4 Å². The number of aromatic nitrogens is 1. The molecule has 4 heteroatoms. The molecule has 0 aromatic carbocycles. The van der Waals surface area contributed by atoms with E-state index >= 15 is 0 Å². The molecule has 3 nitrogen and oxygen atoms in total. The minimum atomic E-state index is 0.288. The second-order valence-corrected chi connectivity index (χ2v) is 5.64. The van der Waals surface area contributed by atoms with Crippen molar-refractivity contribution in [3.05, 3.63) is 34.6 Å². The highest BCUT2D eigenvalue weighted by molar-refractivity contribution is 6.30. The molecule has 1 aliphatic carbocycles. The second-order valence-electron chi connectivity index (χ2n) is 5.29. The molecule has 1 aromatic rings. The van der Waals surface area contributed by atoms with Crippen molar-refractivity contribution in [3.63, 3.8) is 0 Å². The lowest BCUT2D eigenvalue weighted by atomic mass is 9.79. The predicted octanol–water partition coefficient (Wildman–Crippen LogP) is 3.15. The van der Waals surface area contributed by atoms with E-state index in [-0.39, 0.29) is 5.15 Å². The summed E-state index contributed by atoms with van der Waals surface area (Å²) >= 11 is 5.88. The number of rotatable bonds is 1. The van der Waals surface area contributed by atoms with E-state index in [1.165, 1.54) is 24.8 Å². The van der Waals surface area contributed by atoms with Crippen LogP contribution in [0.5, 0.6) is 0 Å². The Labute approximate surface area is 118 Å². The van der Waals surface area contributed by atoms with Gasteiger partial charge in [0.2, 0.25) is 0 Å². The molecular formula is C15H16ClN3. The number of allylic oxidation sites excluding steroid dienone is 1. The van der Waals surface area contributed by atoms with Gasteiger partial charge < -0.3 is 5.32 Å². The smallest absolute Gasteiger partial charge is 0.146 e. The molecule has 19 heavy (non-hydrogen) atoms. The molecule has 2 unspecified atom stereocenters. The topological polar surface area (TPSA) is 48.7 Å². The number of hydrogen-bond acceptors (Lipinski definition) is 3. The molecular weight excluding hydrogens is 258 g/mol. The Hall–Kier alpha value is -1.37. The Balaban J connectivity index is 1.90. The molecule has 1 saturated heterocycles. The first-order valence-corrected chi connectivity index (χ1v) is 7.16. The van der Waals surface area contributed by atoms with Crippen molar-refractivity contribution in [1.29, 1.82) is 5.26 Å². The van der Waals surface area contributed by atoms with Gasteiger partial charge in [-0.25, -0.2) is 4.98 Å². The van der Waals surface area contributed by atoms with E-state index in [9.17, 15) is 0 Å². The lowest BCUT2D eigenvalue weighted by molar-refractivity contribution is 0.298. The first kappa shape index (κ1) is 12.7. The van der Waals surface area contributed by atoms with Crippen molar-refractivity contribution in [2.24, 2.45) is 5.92 Å². The fourth-order valence-electron chi connectivity index (χ4n) is 3.08.